The van der Waals surface area contributed by atoms with E-state index in [0.717, 1.165) is 73.1 Å². The van der Waals surface area contributed by atoms with E-state index in [-0.39, 0.29) is 0 Å². The van der Waals surface area contributed by atoms with Gasteiger partial charge in [-0.05, 0) is 95.1 Å². The lowest BCUT2D eigenvalue weighted by Gasteiger charge is -2.34. The van der Waals surface area contributed by atoms with Crippen LogP contribution in [0.25, 0.3) is 44.8 Å². The lowest BCUT2D eigenvalue weighted by molar-refractivity contribution is 0.467. The molecule has 0 spiro atoms. The quantitative estimate of drug-likeness (QED) is 0.190. The maximum Gasteiger partial charge on any atom is 0.139 e. The second-order valence-electron chi connectivity index (χ2n) is 11.1. The van der Waals surface area contributed by atoms with Crippen LogP contribution in [0.1, 0.15) is 0 Å². The molecule has 0 unspecified atom stereocenters. The summed E-state index contributed by atoms with van der Waals surface area (Å²) >= 11 is 0. The number of pyridine rings is 2. The average molecular weight is 597 g/mol. The normalized spacial score (nSPS) is 12.7. The van der Waals surface area contributed by atoms with Gasteiger partial charge in [0.1, 0.15) is 23.0 Å². The van der Waals surface area contributed by atoms with Crippen molar-refractivity contribution in [3.05, 3.63) is 152 Å². The van der Waals surface area contributed by atoms with Gasteiger partial charge in [-0.1, -0.05) is 66.7 Å². The monoisotopic (exact) mass is 596 g/mol. The van der Waals surface area contributed by atoms with Gasteiger partial charge in [-0.15, -0.1) is 0 Å². The van der Waals surface area contributed by atoms with E-state index in [1.54, 1.807) is 0 Å². The Bertz CT molecular complexity index is 2080. The van der Waals surface area contributed by atoms with Crippen molar-refractivity contribution in [2.45, 2.75) is 0 Å². The minimum absolute atomic E-state index is 0.864. The fourth-order valence-corrected chi connectivity index (χ4v) is 8.73. The first-order chi connectivity index (χ1) is 22.3. The molecule has 2 aliphatic heterocycles. The Balaban J connectivity index is 1.12. The summed E-state index contributed by atoms with van der Waals surface area (Å²) in [6, 6.07) is 48.4. The highest BCUT2D eigenvalue weighted by Gasteiger charge is 2.37. The largest absolute Gasteiger partial charge is 0.456 e. The van der Waals surface area contributed by atoms with Gasteiger partial charge in [-0.3, -0.25) is 9.97 Å². The molecule has 212 valence electrons. The van der Waals surface area contributed by atoms with Crippen molar-refractivity contribution in [1.82, 2.24) is 9.97 Å². The van der Waals surface area contributed by atoms with Gasteiger partial charge in [0.05, 0.1) is 16.7 Å². The molecule has 9 rings (SSSR count). The fourth-order valence-electron chi connectivity index (χ4n) is 6.20. The molecule has 45 heavy (non-hydrogen) atoms. The molecule has 5 aromatic carbocycles. The highest BCUT2D eigenvalue weighted by molar-refractivity contribution is 7.80. The Morgan fingerprint density at radius 2 is 0.844 bits per heavy atom. The van der Waals surface area contributed by atoms with Crippen LogP contribution in [0.2, 0.25) is 0 Å². The van der Waals surface area contributed by atoms with Gasteiger partial charge in [0.25, 0.3) is 0 Å². The van der Waals surface area contributed by atoms with E-state index in [2.05, 4.69) is 107 Å². The van der Waals surface area contributed by atoms with Gasteiger partial charge in [0.15, 0.2) is 0 Å². The standard InChI is InChI=1S/C40H25N2O2P/c1-3-20-41-32(12-1)30-10-5-8-26(22-30)28-16-18-38-36(24-28)43-34-14-7-15-35-40(34)45(38)39-19-17-29(25-37(39)44-35)27-9-6-11-31(23-27)33-13-2-4-21-42-33/h1-25H. The molecule has 0 aliphatic carbocycles. The van der Waals surface area contributed by atoms with Crippen molar-refractivity contribution in [3.8, 4) is 67.8 Å². The second kappa shape index (κ2) is 10.6. The Hall–Kier alpha value is -5.57. The number of hydrogen-bond acceptors (Lipinski definition) is 4. The van der Waals surface area contributed by atoms with Crippen LogP contribution in [-0.2, 0) is 0 Å². The fraction of sp³-hybridized carbons (Fsp3) is 0. The number of rotatable bonds is 4. The molecule has 4 nitrogen and oxygen atoms in total. The summed E-state index contributed by atoms with van der Waals surface area (Å²) in [5.41, 5.74) is 8.57. The van der Waals surface area contributed by atoms with Gasteiger partial charge in [0, 0.05) is 42.1 Å². The van der Waals surface area contributed by atoms with Gasteiger partial charge >= 0.3 is 0 Å². The van der Waals surface area contributed by atoms with Crippen molar-refractivity contribution >= 4 is 23.8 Å². The number of fused-ring (bicyclic) bond motifs is 4. The minimum atomic E-state index is -0.868. The van der Waals surface area contributed by atoms with Crippen LogP contribution in [0.3, 0.4) is 0 Å². The first-order valence-electron chi connectivity index (χ1n) is 14.9. The molecule has 7 aromatic rings. The molecule has 0 saturated carbocycles. The zero-order valence-corrected chi connectivity index (χ0v) is 25.0. The van der Waals surface area contributed by atoms with Crippen LogP contribution in [0.15, 0.2) is 152 Å². The third-order valence-electron chi connectivity index (χ3n) is 8.34. The molecule has 0 bridgehead atoms. The van der Waals surface area contributed by atoms with Crippen LogP contribution >= 0.6 is 7.92 Å². The second-order valence-corrected chi connectivity index (χ2v) is 13.2. The maximum atomic E-state index is 6.58. The smallest absolute Gasteiger partial charge is 0.139 e. The summed E-state index contributed by atoms with van der Waals surface area (Å²) < 4.78 is 13.2. The SMILES string of the molecule is c1ccc(-c2cccc(-c3ccc4c(c3)Oc3cccc5c3P4c3ccc(-c4cccc(-c6ccccn6)c4)cc3O5)c2)nc1. The van der Waals surface area contributed by atoms with E-state index in [1.165, 1.54) is 10.6 Å². The zero-order chi connectivity index (χ0) is 29.7. The first-order valence-corrected chi connectivity index (χ1v) is 16.2. The summed E-state index contributed by atoms with van der Waals surface area (Å²) in [7, 11) is -0.868. The van der Waals surface area contributed by atoms with E-state index >= 15 is 0 Å². The lowest BCUT2D eigenvalue weighted by atomic mass is 10.0. The van der Waals surface area contributed by atoms with Crippen molar-refractivity contribution in [1.29, 1.82) is 0 Å². The molecule has 5 heteroatoms. The predicted octanol–water partition coefficient (Wildman–Crippen LogP) is 9.11. The number of benzene rings is 5. The van der Waals surface area contributed by atoms with Crippen LogP contribution in [-0.4, -0.2) is 9.97 Å². The van der Waals surface area contributed by atoms with Crippen molar-refractivity contribution in [2.75, 3.05) is 0 Å². The first kappa shape index (κ1) is 25.9. The van der Waals surface area contributed by atoms with E-state index in [4.69, 9.17) is 9.47 Å². The Morgan fingerprint density at radius 3 is 1.33 bits per heavy atom. The summed E-state index contributed by atoms with van der Waals surface area (Å²) in [6.45, 7) is 0. The Morgan fingerprint density at radius 1 is 0.378 bits per heavy atom. The molecular weight excluding hydrogens is 571 g/mol. The van der Waals surface area contributed by atoms with E-state index in [0.29, 0.717) is 0 Å². The Kier molecular flexibility index (Phi) is 6.07. The average Bonchev–Trinajstić information content (AvgIpc) is 3.12. The molecule has 0 N–H and O–H groups in total. The predicted molar refractivity (Wildman–Crippen MR) is 183 cm³/mol. The minimum Gasteiger partial charge on any atom is -0.456 e. The van der Waals surface area contributed by atoms with Crippen LogP contribution in [0.4, 0.5) is 0 Å². The van der Waals surface area contributed by atoms with Gasteiger partial charge in [-0.2, -0.15) is 0 Å². The Labute approximate surface area is 262 Å². The van der Waals surface area contributed by atoms with Gasteiger partial charge < -0.3 is 9.47 Å². The highest BCUT2D eigenvalue weighted by Crippen LogP contribution is 2.53. The highest BCUT2D eigenvalue weighted by atomic mass is 31.1. The third-order valence-corrected chi connectivity index (χ3v) is 10.9. The van der Waals surface area contributed by atoms with E-state index in [1.807, 2.05) is 54.9 Å². The topological polar surface area (TPSA) is 44.2 Å². The third kappa shape index (κ3) is 4.50. The molecule has 0 fully saturated rings. The van der Waals surface area contributed by atoms with E-state index < -0.39 is 7.92 Å². The molecule has 0 amide bonds. The molecule has 4 heterocycles. The van der Waals surface area contributed by atoms with Crippen LogP contribution in [0, 0.1) is 0 Å². The van der Waals surface area contributed by atoms with Gasteiger partial charge in [-0.25, -0.2) is 0 Å². The van der Waals surface area contributed by atoms with Crippen LogP contribution in [0.5, 0.6) is 23.0 Å². The summed E-state index contributed by atoms with van der Waals surface area (Å²) in [6.07, 6.45) is 3.66. The number of aromatic nitrogens is 2. The zero-order valence-electron chi connectivity index (χ0n) is 24.1. The molecule has 0 saturated heterocycles. The summed E-state index contributed by atoms with van der Waals surface area (Å²) in [5, 5.41) is 3.54. The van der Waals surface area contributed by atoms with E-state index in [9.17, 15) is 0 Å². The molecule has 0 atom stereocenters. The molecular formula is C40H25N2O2P. The van der Waals surface area contributed by atoms with Crippen molar-refractivity contribution in [2.24, 2.45) is 0 Å². The number of ether oxygens (including phenoxy) is 2. The summed E-state index contributed by atoms with van der Waals surface area (Å²) in [5.74, 6) is 3.52. The lowest BCUT2D eigenvalue weighted by Crippen LogP contribution is -2.31. The van der Waals surface area contributed by atoms with Gasteiger partial charge in [0.2, 0.25) is 0 Å². The van der Waals surface area contributed by atoms with Crippen molar-refractivity contribution in [3.63, 3.8) is 0 Å². The van der Waals surface area contributed by atoms with Crippen molar-refractivity contribution < 1.29 is 9.47 Å². The number of hydrogen-bond donors (Lipinski definition) is 0. The summed E-state index contributed by atoms with van der Waals surface area (Å²) in [4.78, 5) is 9.09. The van der Waals surface area contributed by atoms with Crippen LogP contribution < -0.4 is 25.4 Å². The maximum absolute atomic E-state index is 6.58. The molecule has 2 aliphatic rings. The molecule has 0 radical (unpaired) electrons. The number of nitrogens with zero attached hydrogens (tertiary/aromatic N) is 2. The molecule has 2 aromatic heterocycles.